The topological polar surface area (TPSA) is 111 Å². The maximum absolute atomic E-state index is 8.06. The van der Waals surface area contributed by atoms with Crippen LogP contribution in [0.25, 0.3) is 10.9 Å². The molecular weight excluding hydrogens is 274 g/mol. The van der Waals surface area contributed by atoms with E-state index in [2.05, 4.69) is 44.8 Å². The molecule has 1 N–H and O–H groups in total. The predicted molar refractivity (Wildman–Crippen MR) is 82.1 cm³/mol. The summed E-state index contributed by atoms with van der Waals surface area (Å²) >= 11 is 0. The van der Waals surface area contributed by atoms with Crippen molar-refractivity contribution < 1.29 is 0 Å². The molecule has 2 aromatic rings. The molecule has 0 amide bonds. The number of aromatic amines is 1. The quantitative estimate of drug-likeness (QED) is 0.800. The van der Waals surface area contributed by atoms with Crippen molar-refractivity contribution in [1.29, 1.82) is 21.0 Å². The second-order valence-electron chi connectivity index (χ2n) is 5.00. The van der Waals surface area contributed by atoms with Gasteiger partial charge in [-0.25, -0.2) is 0 Å². The second kappa shape index (κ2) is 6.45. The summed E-state index contributed by atoms with van der Waals surface area (Å²) in [4.78, 5) is 3.39. The third-order valence-corrected chi connectivity index (χ3v) is 3.67. The third-order valence-electron chi connectivity index (χ3n) is 3.67. The lowest BCUT2D eigenvalue weighted by Gasteiger charge is -2.01. The zero-order valence-corrected chi connectivity index (χ0v) is 12.9. The number of hydrogen-bond acceptors (Lipinski definition) is 4. The zero-order valence-electron chi connectivity index (χ0n) is 12.9. The molecule has 0 saturated heterocycles. The molecule has 5 heteroatoms. The van der Waals surface area contributed by atoms with E-state index in [4.69, 9.17) is 21.0 Å². The van der Waals surface area contributed by atoms with Gasteiger partial charge >= 0.3 is 5.41 Å². The zero-order chi connectivity index (χ0) is 16.9. The fourth-order valence-corrected chi connectivity index (χ4v) is 2.04. The summed E-state index contributed by atoms with van der Waals surface area (Å²) in [5, 5.41) is 33.6. The number of nitriles is 4. The molecule has 0 aliphatic rings. The van der Waals surface area contributed by atoms with E-state index in [0.717, 1.165) is 0 Å². The Hall–Kier alpha value is -3.28. The Morgan fingerprint density at radius 3 is 1.73 bits per heavy atom. The first kappa shape index (κ1) is 16.8. The number of fused-ring (bicyclic) bond motifs is 1. The molecule has 0 radical (unpaired) electrons. The van der Waals surface area contributed by atoms with Crippen LogP contribution in [0.3, 0.4) is 0 Å². The molecule has 0 aliphatic heterocycles. The van der Waals surface area contributed by atoms with Crippen LogP contribution in [-0.2, 0) is 0 Å². The van der Waals surface area contributed by atoms with Crippen molar-refractivity contribution in [1.82, 2.24) is 4.98 Å². The van der Waals surface area contributed by atoms with Crippen LogP contribution >= 0.6 is 0 Å². The minimum absolute atomic E-state index is 1.26. The summed E-state index contributed by atoms with van der Waals surface area (Å²) in [5.41, 5.74) is 4.59. The van der Waals surface area contributed by atoms with Crippen molar-refractivity contribution in [3.63, 3.8) is 0 Å². The van der Waals surface area contributed by atoms with E-state index in [0.29, 0.717) is 0 Å². The number of aromatic nitrogens is 1. The molecule has 1 aromatic carbocycles. The van der Waals surface area contributed by atoms with Crippen LogP contribution in [0.5, 0.6) is 0 Å². The number of benzene rings is 1. The molecule has 0 fully saturated rings. The number of nitrogens with zero attached hydrogens (tertiary/aromatic N) is 4. The second-order valence-corrected chi connectivity index (χ2v) is 5.00. The monoisotopic (exact) mass is 289 g/mol. The summed E-state index contributed by atoms with van der Waals surface area (Å²) in [6, 6.07) is 9.46. The fourth-order valence-electron chi connectivity index (χ4n) is 2.04. The largest absolute Gasteiger partial charge is 0.358 e. The van der Waals surface area contributed by atoms with Crippen LogP contribution in [0.15, 0.2) is 12.1 Å². The molecule has 0 saturated carbocycles. The summed E-state index contributed by atoms with van der Waals surface area (Å²) in [5.74, 6) is 0. The van der Waals surface area contributed by atoms with Crippen LogP contribution in [-0.4, -0.2) is 4.98 Å². The van der Waals surface area contributed by atoms with Gasteiger partial charge in [0, 0.05) is 16.6 Å². The van der Waals surface area contributed by atoms with Crippen molar-refractivity contribution in [3.05, 3.63) is 34.5 Å². The van der Waals surface area contributed by atoms with Crippen molar-refractivity contribution >= 4 is 10.9 Å². The van der Waals surface area contributed by atoms with Gasteiger partial charge in [0.2, 0.25) is 0 Å². The van der Waals surface area contributed by atoms with Crippen LogP contribution in [0.1, 0.15) is 22.4 Å². The highest BCUT2D eigenvalue weighted by atomic mass is 14.7. The van der Waals surface area contributed by atoms with E-state index in [1.165, 1.54) is 57.6 Å². The Morgan fingerprint density at radius 2 is 1.32 bits per heavy atom. The molecule has 2 rings (SSSR count). The minimum Gasteiger partial charge on any atom is -0.358 e. The van der Waals surface area contributed by atoms with E-state index in [1.807, 2.05) is 0 Å². The number of aryl methyl sites for hydroxylation is 4. The lowest BCUT2D eigenvalue weighted by Crippen LogP contribution is -2.08. The minimum atomic E-state index is -2.11. The molecule has 0 atom stereocenters. The van der Waals surface area contributed by atoms with Gasteiger partial charge in [-0.2, -0.15) is 21.0 Å². The Balaban J connectivity index is 0.000000239. The Labute approximate surface area is 129 Å². The van der Waals surface area contributed by atoms with Gasteiger partial charge in [-0.15, -0.1) is 0 Å². The molecular formula is C17H15N5. The maximum atomic E-state index is 8.06. The summed E-state index contributed by atoms with van der Waals surface area (Å²) in [7, 11) is 0. The van der Waals surface area contributed by atoms with Gasteiger partial charge in [0.05, 0.1) is 0 Å². The molecule has 0 bridgehead atoms. The Kier molecular flexibility index (Phi) is 4.92. The molecule has 1 aromatic heterocycles. The van der Waals surface area contributed by atoms with Gasteiger partial charge in [-0.05, 0) is 50.5 Å². The molecule has 22 heavy (non-hydrogen) atoms. The van der Waals surface area contributed by atoms with Crippen molar-refractivity contribution in [2.45, 2.75) is 27.7 Å². The van der Waals surface area contributed by atoms with Gasteiger partial charge in [-0.1, -0.05) is 6.07 Å². The van der Waals surface area contributed by atoms with Gasteiger partial charge in [0.25, 0.3) is 0 Å². The number of hydrogen-bond donors (Lipinski definition) is 1. The van der Waals surface area contributed by atoms with Gasteiger partial charge in [0.1, 0.15) is 24.3 Å². The van der Waals surface area contributed by atoms with E-state index in [-0.39, 0.29) is 0 Å². The summed E-state index contributed by atoms with van der Waals surface area (Å²) in [6.45, 7) is 8.67. The highest BCUT2D eigenvalue weighted by Gasteiger charge is 2.28. The van der Waals surface area contributed by atoms with E-state index >= 15 is 0 Å². The van der Waals surface area contributed by atoms with E-state index in [1.54, 1.807) is 0 Å². The number of nitrogens with one attached hydrogen (secondary N) is 1. The number of H-pyrrole nitrogens is 1. The molecule has 108 valence electrons. The van der Waals surface area contributed by atoms with Crippen LogP contribution in [0.2, 0.25) is 0 Å². The fraction of sp³-hybridized carbons (Fsp3) is 0.294. The molecule has 1 heterocycles. The molecule has 0 unspecified atom stereocenters. The van der Waals surface area contributed by atoms with Crippen LogP contribution in [0.4, 0.5) is 0 Å². The first-order valence-electron chi connectivity index (χ1n) is 6.56. The average molecular weight is 289 g/mol. The van der Waals surface area contributed by atoms with Crippen LogP contribution in [0, 0.1) is 78.4 Å². The van der Waals surface area contributed by atoms with E-state index < -0.39 is 5.41 Å². The number of rotatable bonds is 0. The smallest absolute Gasteiger partial charge is 0.312 e. The van der Waals surface area contributed by atoms with Gasteiger partial charge in [-0.3, -0.25) is 0 Å². The highest BCUT2D eigenvalue weighted by Crippen LogP contribution is 2.26. The lowest BCUT2D eigenvalue weighted by atomic mass is 9.97. The van der Waals surface area contributed by atoms with Crippen molar-refractivity contribution in [3.8, 4) is 24.3 Å². The third kappa shape index (κ3) is 2.90. The standard InChI is InChI=1S/C12H15N.C5N4/c1-7-5-6-11-12(8(7)2)9(3)10(4)13-11;6-1-5(2-7,3-8)4-9/h5-6,13H,1-4H3;. The Bertz CT molecular complexity index is 814. The predicted octanol–water partition coefficient (Wildman–Crippen LogP) is 3.47. The van der Waals surface area contributed by atoms with Gasteiger partial charge < -0.3 is 4.98 Å². The maximum Gasteiger partial charge on any atom is 0.312 e. The summed E-state index contributed by atoms with van der Waals surface area (Å²) in [6.07, 6.45) is 0. The average Bonchev–Trinajstić information content (AvgIpc) is 2.82. The highest BCUT2D eigenvalue weighted by molar-refractivity contribution is 5.88. The molecule has 0 aliphatic carbocycles. The van der Waals surface area contributed by atoms with Crippen molar-refractivity contribution in [2.24, 2.45) is 5.41 Å². The molecule has 5 nitrogen and oxygen atoms in total. The molecule has 0 spiro atoms. The lowest BCUT2D eigenvalue weighted by molar-refractivity contribution is 0.893. The first-order valence-corrected chi connectivity index (χ1v) is 6.56. The Morgan fingerprint density at radius 1 is 0.818 bits per heavy atom. The van der Waals surface area contributed by atoms with Crippen molar-refractivity contribution in [2.75, 3.05) is 0 Å². The SMILES string of the molecule is Cc1ccc2[nH]c(C)c(C)c2c1C.N#CC(C#N)(C#N)C#N. The normalized spacial score (nSPS) is 9.64. The van der Waals surface area contributed by atoms with Crippen LogP contribution < -0.4 is 0 Å². The summed E-state index contributed by atoms with van der Waals surface area (Å²) < 4.78 is 0. The first-order chi connectivity index (χ1) is 10.4. The van der Waals surface area contributed by atoms with Gasteiger partial charge in [0.15, 0.2) is 0 Å². The van der Waals surface area contributed by atoms with E-state index in [9.17, 15) is 0 Å².